The Bertz CT molecular complexity index is 309. The fourth-order valence-electron chi connectivity index (χ4n) is 3.59. The summed E-state index contributed by atoms with van der Waals surface area (Å²) in [7, 11) is 0. The van der Waals surface area contributed by atoms with Gasteiger partial charge < -0.3 is 15.3 Å². The quantitative estimate of drug-likeness (QED) is 0.758. The monoisotopic (exact) mass is 296 g/mol. The van der Waals surface area contributed by atoms with Gasteiger partial charge in [-0.3, -0.25) is 0 Å². The van der Waals surface area contributed by atoms with Gasteiger partial charge in [-0.15, -0.1) is 0 Å². The second-order valence-electron chi connectivity index (χ2n) is 8.64. The number of aliphatic hydroxyl groups excluding tert-OH is 1. The molecule has 1 saturated heterocycles. The molecule has 0 spiro atoms. The third kappa shape index (κ3) is 6.25. The molecule has 21 heavy (non-hydrogen) atoms. The minimum atomic E-state index is -0.0418. The molecular weight excluding hydrogens is 260 g/mol. The maximum atomic E-state index is 10.3. The normalized spacial score (nSPS) is 29.6. The average Bonchev–Trinajstić information content (AvgIpc) is 3.20. The smallest absolute Gasteiger partial charge is 0.0571 e. The van der Waals surface area contributed by atoms with E-state index < -0.39 is 0 Å². The van der Waals surface area contributed by atoms with Gasteiger partial charge in [-0.05, 0) is 55.9 Å². The van der Waals surface area contributed by atoms with Crippen molar-refractivity contribution < 1.29 is 5.11 Å². The fourth-order valence-corrected chi connectivity index (χ4v) is 3.59. The number of nitrogens with one attached hydrogen (secondary N) is 1. The third-order valence-electron chi connectivity index (χ3n) is 4.81. The zero-order chi connectivity index (χ0) is 15.5. The number of likely N-dealkylation sites (tertiary alicyclic amines) is 1. The summed E-state index contributed by atoms with van der Waals surface area (Å²) in [5.41, 5.74) is 0.343. The maximum Gasteiger partial charge on any atom is 0.0571 e. The lowest BCUT2D eigenvalue weighted by atomic mass is 9.87. The summed E-state index contributed by atoms with van der Waals surface area (Å²) < 4.78 is 0. The first-order valence-electron chi connectivity index (χ1n) is 9.01. The molecule has 0 aromatic carbocycles. The number of piperidine rings is 1. The van der Waals surface area contributed by atoms with E-state index in [-0.39, 0.29) is 6.10 Å². The molecule has 0 radical (unpaired) electrons. The molecule has 124 valence electrons. The van der Waals surface area contributed by atoms with Crippen LogP contribution in [0.2, 0.25) is 0 Å². The van der Waals surface area contributed by atoms with Crippen LogP contribution in [0.1, 0.15) is 59.8 Å². The van der Waals surface area contributed by atoms with Gasteiger partial charge in [0.25, 0.3) is 0 Å². The Balaban J connectivity index is 1.84. The lowest BCUT2D eigenvalue weighted by Crippen LogP contribution is -2.51. The Morgan fingerprint density at radius 2 is 1.95 bits per heavy atom. The molecule has 1 heterocycles. The summed E-state index contributed by atoms with van der Waals surface area (Å²) in [4.78, 5) is 2.61. The van der Waals surface area contributed by atoms with Crippen LogP contribution in [0.25, 0.3) is 0 Å². The second kappa shape index (κ2) is 7.43. The topological polar surface area (TPSA) is 35.5 Å². The van der Waals surface area contributed by atoms with Crippen molar-refractivity contribution in [1.82, 2.24) is 10.2 Å². The molecule has 2 N–H and O–H groups in total. The van der Waals surface area contributed by atoms with Crippen molar-refractivity contribution >= 4 is 0 Å². The molecule has 2 rings (SSSR count). The molecule has 1 aliphatic heterocycles. The molecule has 3 nitrogen and oxygen atoms in total. The summed E-state index contributed by atoms with van der Waals surface area (Å²) in [6.45, 7) is 13.8. The van der Waals surface area contributed by atoms with Crippen LogP contribution in [0, 0.1) is 17.3 Å². The zero-order valence-electron chi connectivity index (χ0n) is 14.6. The second-order valence-corrected chi connectivity index (χ2v) is 8.64. The first kappa shape index (κ1) is 17.2. The van der Waals surface area contributed by atoms with E-state index in [9.17, 15) is 5.11 Å². The Hall–Kier alpha value is -0.120. The number of nitrogens with zero attached hydrogens (tertiary/aromatic N) is 1. The molecule has 2 aliphatic rings. The molecular formula is C18H36N2O. The summed E-state index contributed by atoms with van der Waals surface area (Å²) in [5, 5.41) is 14.0. The van der Waals surface area contributed by atoms with E-state index in [1.165, 1.54) is 45.3 Å². The SMILES string of the molecule is CCCN1CC(CC(O)C2CC2)CC(NCC(C)(C)C)C1. The molecule has 0 aromatic heterocycles. The standard InChI is InChI=1S/C18H36N2O/c1-5-8-20-11-14(10-17(21)15-6-7-15)9-16(12-20)19-13-18(2,3)4/h14-17,19,21H,5-13H2,1-4H3. The Morgan fingerprint density at radius 3 is 2.52 bits per heavy atom. The van der Waals surface area contributed by atoms with E-state index in [1.54, 1.807) is 0 Å². The molecule has 3 heteroatoms. The molecule has 2 fully saturated rings. The van der Waals surface area contributed by atoms with Gasteiger partial charge >= 0.3 is 0 Å². The largest absolute Gasteiger partial charge is 0.393 e. The van der Waals surface area contributed by atoms with Gasteiger partial charge in [-0.1, -0.05) is 27.7 Å². The Kier molecular flexibility index (Phi) is 6.10. The van der Waals surface area contributed by atoms with Crippen LogP contribution in [-0.2, 0) is 0 Å². The van der Waals surface area contributed by atoms with E-state index in [1.807, 2.05) is 0 Å². The zero-order valence-corrected chi connectivity index (χ0v) is 14.6. The predicted molar refractivity (Wildman–Crippen MR) is 89.4 cm³/mol. The summed E-state index contributed by atoms with van der Waals surface area (Å²) in [5.74, 6) is 1.28. The van der Waals surface area contributed by atoms with E-state index in [0.29, 0.717) is 23.3 Å². The van der Waals surface area contributed by atoms with Gasteiger partial charge in [0, 0.05) is 25.7 Å². The first-order valence-corrected chi connectivity index (χ1v) is 9.01. The number of hydrogen-bond acceptors (Lipinski definition) is 3. The van der Waals surface area contributed by atoms with Gasteiger partial charge in [0.1, 0.15) is 0 Å². The first-order chi connectivity index (χ1) is 9.87. The maximum absolute atomic E-state index is 10.3. The molecule has 1 saturated carbocycles. The average molecular weight is 296 g/mol. The summed E-state index contributed by atoms with van der Waals surface area (Å²) in [6, 6.07) is 0.598. The van der Waals surface area contributed by atoms with Gasteiger partial charge in [0.15, 0.2) is 0 Å². The van der Waals surface area contributed by atoms with E-state index in [2.05, 4.69) is 37.9 Å². The van der Waals surface area contributed by atoms with Crippen molar-refractivity contribution in [2.75, 3.05) is 26.2 Å². The lowest BCUT2D eigenvalue weighted by molar-refractivity contribution is 0.0732. The number of aliphatic hydroxyl groups is 1. The van der Waals surface area contributed by atoms with Crippen molar-refractivity contribution in [3.05, 3.63) is 0 Å². The fraction of sp³-hybridized carbons (Fsp3) is 1.00. The minimum Gasteiger partial charge on any atom is -0.393 e. The van der Waals surface area contributed by atoms with Crippen LogP contribution in [0.4, 0.5) is 0 Å². The highest BCUT2D eigenvalue weighted by atomic mass is 16.3. The van der Waals surface area contributed by atoms with E-state index in [4.69, 9.17) is 0 Å². The highest BCUT2D eigenvalue weighted by Gasteiger charge is 2.34. The van der Waals surface area contributed by atoms with Crippen molar-refractivity contribution in [2.24, 2.45) is 17.3 Å². The number of rotatable bonds is 7. The van der Waals surface area contributed by atoms with Crippen LogP contribution in [-0.4, -0.2) is 48.3 Å². The van der Waals surface area contributed by atoms with Crippen molar-refractivity contribution in [1.29, 1.82) is 0 Å². The van der Waals surface area contributed by atoms with Gasteiger partial charge in [-0.25, -0.2) is 0 Å². The highest BCUT2D eigenvalue weighted by Crippen LogP contribution is 2.36. The Labute approximate surface area is 131 Å². The molecule has 1 aliphatic carbocycles. The predicted octanol–water partition coefficient (Wildman–Crippen LogP) is 2.88. The molecule has 0 aromatic rings. The van der Waals surface area contributed by atoms with Gasteiger partial charge in [0.05, 0.1) is 6.10 Å². The molecule has 3 atom stereocenters. The van der Waals surface area contributed by atoms with Crippen LogP contribution < -0.4 is 5.32 Å². The molecule has 0 amide bonds. The summed E-state index contributed by atoms with van der Waals surface area (Å²) >= 11 is 0. The van der Waals surface area contributed by atoms with E-state index in [0.717, 1.165) is 13.0 Å². The van der Waals surface area contributed by atoms with E-state index >= 15 is 0 Å². The molecule has 3 unspecified atom stereocenters. The molecule has 0 bridgehead atoms. The number of hydrogen-bond donors (Lipinski definition) is 2. The van der Waals surface area contributed by atoms with Crippen LogP contribution in [0.3, 0.4) is 0 Å². The third-order valence-corrected chi connectivity index (χ3v) is 4.81. The lowest BCUT2D eigenvalue weighted by Gasteiger charge is -2.40. The van der Waals surface area contributed by atoms with Gasteiger partial charge in [-0.2, -0.15) is 0 Å². The van der Waals surface area contributed by atoms with Crippen LogP contribution in [0.15, 0.2) is 0 Å². The minimum absolute atomic E-state index is 0.0418. The summed E-state index contributed by atoms with van der Waals surface area (Å²) in [6.07, 6.45) is 5.93. The van der Waals surface area contributed by atoms with Crippen LogP contribution in [0.5, 0.6) is 0 Å². The van der Waals surface area contributed by atoms with Crippen molar-refractivity contribution in [3.63, 3.8) is 0 Å². The highest BCUT2D eigenvalue weighted by molar-refractivity contribution is 4.89. The van der Waals surface area contributed by atoms with Crippen molar-refractivity contribution in [3.8, 4) is 0 Å². The van der Waals surface area contributed by atoms with Crippen LogP contribution >= 0.6 is 0 Å². The van der Waals surface area contributed by atoms with Gasteiger partial charge in [0.2, 0.25) is 0 Å². The Morgan fingerprint density at radius 1 is 1.24 bits per heavy atom. The van der Waals surface area contributed by atoms with Crippen molar-refractivity contribution in [2.45, 2.75) is 71.9 Å².